The van der Waals surface area contributed by atoms with Crippen LogP contribution in [0.4, 0.5) is 5.82 Å². The van der Waals surface area contributed by atoms with Crippen molar-refractivity contribution in [3.63, 3.8) is 0 Å². The Hall–Kier alpha value is -2.47. The number of pyridine rings is 1. The fraction of sp³-hybridized carbons (Fsp3) is 0.211. The lowest BCUT2D eigenvalue weighted by Gasteiger charge is -2.11. The van der Waals surface area contributed by atoms with Crippen LogP contribution in [0.15, 0.2) is 53.3 Å². The van der Waals surface area contributed by atoms with Gasteiger partial charge in [-0.15, -0.1) is 0 Å². The zero-order valence-corrected chi connectivity index (χ0v) is 15.7. The first-order chi connectivity index (χ1) is 12.2. The third-order valence-corrected chi connectivity index (χ3v) is 4.39. The van der Waals surface area contributed by atoms with Crippen LogP contribution < -0.4 is 10.1 Å². The largest absolute Gasteiger partial charge is 0.496 e. The summed E-state index contributed by atoms with van der Waals surface area (Å²) in [6.07, 6.45) is 4.35. The summed E-state index contributed by atoms with van der Waals surface area (Å²) in [6, 6.07) is 11.8. The maximum absolute atomic E-state index is 5.26. The molecule has 0 radical (unpaired) electrons. The third kappa shape index (κ3) is 4.33. The molecule has 3 rings (SSSR count). The predicted molar refractivity (Wildman–Crippen MR) is 103 cm³/mol. The molecule has 0 unspecified atom stereocenters. The van der Waals surface area contributed by atoms with E-state index in [1.807, 2.05) is 36.4 Å². The van der Waals surface area contributed by atoms with E-state index in [9.17, 15) is 0 Å². The molecule has 0 spiro atoms. The summed E-state index contributed by atoms with van der Waals surface area (Å²) in [5.41, 5.74) is 3.09. The van der Waals surface area contributed by atoms with Crippen LogP contribution in [0, 0.1) is 0 Å². The maximum atomic E-state index is 5.26. The lowest BCUT2D eigenvalue weighted by molar-refractivity contribution is 0.412. The number of rotatable bonds is 6. The molecule has 25 heavy (non-hydrogen) atoms. The molecule has 0 amide bonds. The summed E-state index contributed by atoms with van der Waals surface area (Å²) in [6.45, 7) is 2.75. The first kappa shape index (κ1) is 17.4. The van der Waals surface area contributed by atoms with Gasteiger partial charge in [-0.1, -0.05) is 13.0 Å². The second-order valence-corrected chi connectivity index (χ2v) is 6.33. The summed E-state index contributed by atoms with van der Waals surface area (Å²) >= 11 is 3.51. The van der Waals surface area contributed by atoms with Crippen LogP contribution in [-0.2, 0) is 13.0 Å². The van der Waals surface area contributed by atoms with E-state index in [4.69, 9.17) is 4.74 Å². The molecule has 0 atom stereocenters. The lowest BCUT2D eigenvalue weighted by atomic mass is 10.2. The number of hydrogen-bond donors (Lipinski definition) is 1. The van der Waals surface area contributed by atoms with E-state index in [1.165, 1.54) is 0 Å². The van der Waals surface area contributed by atoms with Crippen LogP contribution in [0.3, 0.4) is 0 Å². The number of halogens is 1. The van der Waals surface area contributed by atoms with E-state index in [0.29, 0.717) is 12.4 Å². The van der Waals surface area contributed by atoms with Crippen LogP contribution in [0.5, 0.6) is 5.75 Å². The predicted octanol–water partition coefficient (Wildman–Crippen LogP) is 4.48. The quantitative estimate of drug-likeness (QED) is 0.662. The summed E-state index contributed by atoms with van der Waals surface area (Å²) in [5.74, 6) is 2.34. The van der Waals surface area contributed by atoms with E-state index < -0.39 is 0 Å². The molecule has 0 fully saturated rings. The summed E-state index contributed by atoms with van der Waals surface area (Å²) in [7, 11) is 1.66. The van der Waals surface area contributed by atoms with Gasteiger partial charge in [0.25, 0.3) is 0 Å². The number of aromatic nitrogens is 3. The zero-order valence-electron chi connectivity index (χ0n) is 14.2. The topological polar surface area (TPSA) is 59.9 Å². The van der Waals surface area contributed by atoms with Gasteiger partial charge in [-0.25, -0.2) is 9.97 Å². The highest BCUT2D eigenvalue weighted by atomic mass is 79.9. The number of methoxy groups -OCH3 is 1. The highest BCUT2D eigenvalue weighted by Crippen LogP contribution is 2.26. The number of aryl methyl sites for hydroxylation is 1. The molecule has 2 heterocycles. The first-order valence-corrected chi connectivity index (χ1v) is 8.83. The Kier molecular flexibility index (Phi) is 5.60. The summed E-state index contributed by atoms with van der Waals surface area (Å²) in [4.78, 5) is 13.3. The highest BCUT2D eigenvalue weighted by Gasteiger charge is 2.07. The Morgan fingerprint density at radius 2 is 1.88 bits per heavy atom. The lowest BCUT2D eigenvalue weighted by Crippen LogP contribution is -2.05. The number of benzene rings is 1. The van der Waals surface area contributed by atoms with Crippen molar-refractivity contribution in [2.75, 3.05) is 12.4 Å². The first-order valence-electron chi connectivity index (χ1n) is 8.04. The van der Waals surface area contributed by atoms with Crippen molar-refractivity contribution in [3.8, 4) is 17.1 Å². The molecule has 128 valence electrons. The summed E-state index contributed by atoms with van der Waals surface area (Å²) in [5, 5.41) is 3.38. The van der Waals surface area contributed by atoms with Crippen molar-refractivity contribution < 1.29 is 4.74 Å². The molecule has 0 bridgehead atoms. The van der Waals surface area contributed by atoms with Crippen molar-refractivity contribution in [1.29, 1.82) is 0 Å². The van der Waals surface area contributed by atoms with Crippen molar-refractivity contribution >= 4 is 21.7 Å². The molecule has 6 heteroatoms. The average Bonchev–Trinajstić information content (AvgIpc) is 2.67. The van der Waals surface area contributed by atoms with Gasteiger partial charge in [0, 0.05) is 36.3 Å². The van der Waals surface area contributed by atoms with Gasteiger partial charge in [0.05, 0.1) is 11.6 Å². The second-order valence-electron chi connectivity index (χ2n) is 5.48. The minimum Gasteiger partial charge on any atom is -0.496 e. The third-order valence-electron chi connectivity index (χ3n) is 3.77. The molecular weight excluding hydrogens is 380 g/mol. The van der Waals surface area contributed by atoms with E-state index in [1.54, 1.807) is 19.5 Å². The molecule has 5 nitrogen and oxygen atoms in total. The molecule has 3 aromatic rings. The van der Waals surface area contributed by atoms with Gasteiger partial charge in [-0.3, -0.25) is 4.98 Å². The van der Waals surface area contributed by atoms with Gasteiger partial charge in [0.15, 0.2) is 5.82 Å². The van der Waals surface area contributed by atoms with Gasteiger partial charge in [0.1, 0.15) is 11.6 Å². The fourth-order valence-corrected chi connectivity index (χ4v) is 3.00. The minimum absolute atomic E-state index is 0.665. The van der Waals surface area contributed by atoms with Crippen molar-refractivity contribution in [2.24, 2.45) is 0 Å². The van der Waals surface area contributed by atoms with Crippen LogP contribution in [0.25, 0.3) is 11.4 Å². The Bertz CT molecular complexity index is 855. The normalized spacial score (nSPS) is 10.5. The van der Waals surface area contributed by atoms with Gasteiger partial charge < -0.3 is 10.1 Å². The Morgan fingerprint density at radius 1 is 1.08 bits per heavy atom. The number of anilines is 1. The molecule has 1 N–H and O–H groups in total. The fourth-order valence-electron chi connectivity index (χ4n) is 2.41. The van der Waals surface area contributed by atoms with Crippen LogP contribution in [0.1, 0.15) is 18.2 Å². The van der Waals surface area contributed by atoms with Crippen molar-refractivity contribution in [3.05, 3.63) is 64.5 Å². The van der Waals surface area contributed by atoms with Crippen LogP contribution in [-0.4, -0.2) is 22.1 Å². The Morgan fingerprint density at radius 3 is 2.56 bits per heavy atom. The van der Waals surface area contributed by atoms with Gasteiger partial charge >= 0.3 is 0 Å². The number of nitrogens with zero attached hydrogens (tertiary/aromatic N) is 3. The minimum atomic E-state index is 0.665. The van der Waals surface area contributed by atoms with Gasteiger partial charge in [0.2, 0.25) is 0 Å². The Balaban J connectivity index is 1.81. The molecular formula is C19H19BrN4O. The van der Waals surface area contributed by atoms with Crippen LogP contribution >= 0.6 is 15.9 Å². The molecule has 2 aromatic heterocycles. The SMILES string of the molecule is CCc1cc(NCc2ccc(OC)c(Br)c2)nc(-c2ccncc2)n1. The van der Waals surface area contributed by atoms with E-state index >= 15 is 0 Å². The molecule has 0 saturated heterocycles. The second kappa shape index (κ2) is 8.07. The van der Waals surface area contributed by atoms with Crippen molar-refractivity contribution in [1.82, 2.24) is 15.0 Å². The smallest absolute Gasteiger partial charge is 0.161 e. The molecule has 0 aliphatic rings. The van der Waals surface area contributed by atoms with Gasteiger partial charge in [-0.05, 0) is 52.2 Å². The van der Waals surface area contributed by atoms with E-state index in [0.717, 1.165) is 39.3 Å². The summed E-state index contributed by atoms with van der Waals surface area (Å²) < 4.78 is 6.20. The number of ether oxygens (including phenoxy) is 1. The number of hydrogen-bond acceptors (Lipinski definition) is 5. The van der Waals surface area contributed by atoms with Gasteiger partial charge in [-0.2, -0.15) is 0 Å². The Labute approximate surface area is 155 Å². The monoisotopic (exact) mass is 398 g/mol. The standard InChI is InChI=1S/C19H19BrN4O/c1-3-15-11-18(24-19(23-15)14-6-8-21-9-7-14)22-12-13-4-5-17(25-2)16(20)10-13/h4-11H,3,12H2,1-2H3,(H,22,23,24). The van der Waals surface area contributed by atoms with Crippen LogP contribution in [0.2, 0.25) is 0 Å². The molecule has 0 aliphatic heterocycles. The van der Waals surface area contributed by atoms with Crippen molar-refractivity contribution in [2.45, 2.75) is 19.9 Å². The highest BCUT2D eigenvalue weighted by molar-refractivity contribution is 9.10. The van der Waals surface area contributed by atoms with E-state index in [2.05, 4.69) is 43.1 Å². The maximum Gasteiger partial charge on any atom is 0.161 e. The van der Waals surface area contributed by atoms with E-state index in [-0.39, 0.29) is 0 Å². The molecule has 0 aliphatic carbocycles. The number of nitrogens with one attached hydrogen (secondary N) is 1. The average molecular weight is 399 g/mol. The molecule has 1 aromatic carbocycles. The molecule has 0 saturated carbocycles. The zero-order chi connectivity index (χ0) is 17.6.